The first-order valence-electron chi connectivity index (χ1n) is 6.41. The van der Waals surface area contributed by atoms with Crippen LogP contribution in [0, 0.1) is 0 Å². The van der Waals surface area contributed by atoms with Crippen LogP contribution in [-0.2, 0) is 20.9 Å². The van der Waals surface area contributed by atoms with E-state index >= 15 is 0 Å². The summed E-state index contributed by atoms with van der Waals surface area (Å²) in [4.78, 5) is 32.6. The van der Waals surface area contributed by atoms with Crippen LogP contribution in [0.4, 0.5) is 5.95 Å². The Morgan fingerprint density at radius 3 is 2.68 bits per heavy atom. The van der Waals surface area contributed by atoms with Gasteiger partial charge in [-0.1, -0.05) is 0 Å². The molecule has 0 saturated heterocycles. The second-order valence-electron chi connectivity index (χ2n) is 4.32. The fraction of sp³-hybridized carbons (Fsp3) is 0.286. The van der Waals surface area contributed by atoms with E-state index in [-0.39, 0.29) is 18.9 Å². The number of likely N-dealkylation sites (N-methyl/N-ethyl adjacent to an activating group) is 1. The molecule has 0 aliphatic carbocycles. The fourth-order valence-corrected chi connectivity index (χ4v) is 1.62. The Hall–Kier alpha value is -2.90. The summed E-state index contributed by atoms with van der Waals surface area (Å²) in [5.74, 6) is -0.217. The van der Waals surface area contributed by atoms with E-state index in [1.54, 1.807) is 36.5 Å². The number of esters is 2. The van der Waals surface area contributed by atoms with Crippen molar-refractivity contribution in [2.75, 3.05) is 25.6 Å². The molecule has 0 aliphatic heterocycles. The molecular weight excluding hydrogens is 290 g/mol. The first-order chi connectivity index (χ1) is 10.6. The molecule has 116 valence electrons. The molecule has 0 spiro atoms. The van der Waals surface area contributed by atoms with E-state index in [9.17, 15) is 9.59 Å². The van der Waals surface area contributed by atoms with E-state index in [0.717, 1.165) is 0 Å². The molecule has 0 unspecified atom stereocenters. The van der Waals surface area contributed by atoms with Crippen molar-refractivity contribution < 1.29 is 23.5 Å². The molecule has 0 aromatic carbocycles. The van der Waals surface area contributed by atoms with Crippen molar-refractivity contribution in [2.24, 2.45) is 0 Å². The van der Waals surface area contributed by atoms with Crippen LogP contribution >= 0.6 is 0 Å². The summed E-state index contributed by atoms with van der Waals surface area (Å²) in [5, 5.41) is 0. The van der Waals surface area contributed by atoms with E-state index in [2.05, 4.69) is 14.7 Å². The molecule has 2 aromatic rings. The maximum atomic E-state index is 11.7. The Labute approximate surface area is 126 Å². The molecular formula is C14H15N3O5. The van der Waals surface area contributed by atoms with Gasteiger partial charge in [0.25, 0.3) is 0 Å². The van der Waals surface area contributed by atoms with Gasteiger partial charge in [0.1, 0.15) is 18.9 Å². The minimum atomic E-state index is -0.585. The predicted molar refractivity (Wildman–Crippen MR) is 75.1 cm³/mol. The van der Waals surface area contributed by atoms with Gasteiger partial charge in [0.2, 0.25) is 11.7 Å². The predicted octanol–water partition coefficient (Wildman–Crippen LogP) is 1.04. The standard InChI is InChI=1S/C14H15N3O5/c1-17(14-15-6-3-7-16-14)8-12(18)21-9-10-4-5-11(22-10)13(19)20-2/h3-7H,8-9H2,1-2H3. The van der Waals surface area contributed by atoms with Gasteiger partial charge in [0, 0.05) is 19.4 Å². The van der Waals surface area contributed by atoms with Crippen molar-refractivity contribution in [3.05, 3.63) is 42.1 Å². The van der Waals surface area contributed by atoms with Gasteiger partial charge < -0.3 is 18.8 Å². The summed E-state index contributed by atoms with van der Waals surface area (Å²) in [6.45, 7) is -0.0755. The molecule has 8 heteroatoms. The van der Waals surface area contributed by atoms with Crippen LogP contribution in [0.25, 0.3) is 0 Å². The SMILES string of the molecule is COC(=O)c1ccc(COC(=O)CN(C)c2ncccn2)o1. The minimum absolute atomic E-state index is 0.00538. The molecule has 0 saturated carbocycles. The van der Waals surface area contributed by atoms with Crippen molar-refractivity contribution in [3.8, 4) is 0 Å². The number of nitrogens with zero attached hydrogens (tertiary/aromatic N) is 3. The molecule has 0 atom stereocenters. The molecule has 0 radical (unpaired) electrons. The summed E-state index contributed by atoms with van der Waals surface area (Å²) in [6, 6.07) is 4.69. The van der Waals surface area contributed by atoms with Gasteiger partial charge in [0.15, 0.2) is 0 Å². The summed E-state index contributed by atoms with van der Waals surface area (Å²) >= 11 is 0. The fourth-order valence-electron chi connectivity index (χ4n) is 1.62. The van der Waals surface area contributed by atoms with Crippen molar-refractivity contribution >= 4 is 17.9 Å². The van der Waals surface area contributed by atoms with Gasteiger partial charge in [0.05, 0.1) is 7.11 Å². The van der Waals surface area contributed by atoms with Crippen molar-refractivity contribution in [1.29, 1.82) is 0 Å². The van der Waals surface area contributed by atoms with E-state index in [1.807, 2.05) is 0 Å². The van der Waals surface area contributed by atoms with Gasteiger partial charge in [-0.15, -0.1) is 0 Å². The average Bonchev–Trinajstić information content (AvgIpc) is 3.02. The number of hydrogen-bond donors (Lipinski definition) is 0. The van der Waals surface area contributed by atoms with Gasteiger partial charge in [-0.25, -0.2) is 14.8 Å². The highest BCUT2D eigenvalue weighted by molar-refractivity contribution is 5.86. The lowest BCUT2D eigenvalue weighted by Gasteiger charge is -2.15. The maximum absolute atomic E-state index is 11.7. The summed E-state index contributed by atoms with van der Waals surface area (Å²) in [6.07, 6.45) is 3.17. The number of rotatable bonds is 6. The molecule has 2 heterocycles. The highest BCUT2D eigenvalue weighted by atomic mass is 16.6. The summed E-state index contributed by atoms with van der Waals surface area (Å²) in [7, 11) is 2.94. The Morgan fingerprint density at radius 2 is 2.00 bits per heavy atom. The number of methoxy groups -OCH3 is 1. The molecule has 0 aliphatic rings. The average molecular weight is 305 g/mol. The highest BCUT2D eigenvalue weighted by Crippen LogP contribution is 2.10. The number of anilines is 1. The summed E-state index contributed by atoms with van der Waals surface area (Å²) in [5.41, 5.74) is 0. The monoisotopic (exact) mass is 305 g/mol. The maximum Gasteiger partial charge on any atom is 0.373 e. The first-order valence-corrected chi connectivity index (χ1v) is 6.41. The van der Waals surface area contributed by atoms with Gasteiger partial charge in [-0.05, 0) is 18.2 Å². The van der Waals surface area contributed by atoms with Crippen LogP contribution < -0.4 is 4.90 Å². The van der Waals surface area contributed by atoms with Crippen LogP contribution in [-0.4, -0.2) is 42.6 Å². The van der Waals surface area contributed by atoms with Gasteiger partial charge in [-0.2, -0.15) is 0 Å². The Bertz CT molecular complexity index is 641. The lowest BCUT2D eigenvalue weighted by Crippen LogP contribution is -2.28. The minimum Gasteiger partial charge on any atom is -0.463 e. The van der Waals surface area contributed by atoms with E-state index < -0.39 is 11.9 Å². The molecule has 0 fully saturated rings. The molecule has 0 amide bonds. The van der Waals surface area contributed by atoms with E-state index in [0.29, 0.717) is 11.7 Å². The Kier molecular flexibility index (Phi) is 5.07. The summed E-state index contributed by atoms with van der Waals surface area (Å²) < 4.78 is 14.8. The van der Waals surface area contributed by atoms with Crippen molar-refractivity contribution in [3.63, 3.8) is 0 Å². The number of carbonyl (C=O) groups is 2. The van der Waals surface area contributed by atoms with Crippen molar-refractivity contribution in [2.45, 2.75) is 6.61 Å². The number of aromatic nitrogens is 2. The van der Waals surface area contributed by atoms with Crippen molar-refractivity contribution in [1.82, 2.24) is 9.97 Å². The van der Waals surface area contributed by atoms with Gasteiger partial charge in [-0.3, -0.25) is 4.79 Å². The highest BCUT2D eigenvalue weighted by Gasteiger charge is 2.14. The van der Waals surface area contributed by atoms with E-state index in [4.69, 9.17) is 9.15 Å². The number of hydrogen-bond acceptors (Lipinski definition) is 8. The largest absolute Gasteiger partial charge is 0.463 e. The Balaban J connectivity index is 1.83. The number of carbonyl (C=O) groups excluding carboxylic acids is 2. The lowest BCUT2D eigenvalue weighted by atomic mass is 10.4. The third-order valence-corrected chi connectivity index (χ3v) is 2.68. The zero-order chi connectivity index (χ0) is 15.9. The van der Waals surface area contributed by atoms with Crippen LogP contribution in [0.2, 0.25) is 0 Å². The zero-order valence-corrected chi connectivity index (χ0v) is 12.2. The van der Waals surface area contributed by atoms with Crippen LogP contribution in [0.3, 0.4) is 0 Å². The quantitative estimate of drug-likeness (QED) is 0.730. The molecule has 0 N–H and O–H groups in total. The molecule has 22 heavy (non-hydrogen) atoms. The zero-order valence-electron chi connectivity index (χ0n) is 12.2. The second kappa shape index (κ2) is 7.21. The number of ether oxygens (including phenoxy) is 2. The lowest BCUT2D eigenvalue weighted by molar-refractivity contribution is -0.143. The Morgan fingerprint density at radius 1 is 1.27 bits per heavy atom. The molecule has 2 aromatic heterocycles. The topological polar surface area (TPSA) is 94.8 Å². The number of furan rings is 1. The second-order valence-corrected chi connectivity index (χ2v) is 4.32. The smallest absolute Gasteiger partial charge is 0.373 e. The van der Waals surface area contributed by atoms with Crippen LogP contribution in [0.1, 0.15) is 16.3 Å². The van der Waals surface area contributed by atoms with E-state index in [1.165, 1.54) is 13.2 Å². The van der Waals surface area contributed by atoms with Crippen LogP contribution in [0.5, 0.6) is 0 Å². The molecule has 2 rings (SSSR count). The van der Waals surface area contributed by atoms with Gasteiger partial charge >= 0.3 is 11.9 Å². The molecule has 0 bridgehead atoms. The van der Waals surface area contributed by atoms with Crippen LogP contribution in [0.15, 0.2) is 35.0 Å². The normalized spacial score (nSPS) is 10.1. The third-order valence-electron chi connectivity index (χ3n) is 2.68. The molecule has 8 nitrogen and oxygen atoms in total. The first kappa shape index (κ1) is 15.5. The third kappa shape index (κ3) is 4.05.